The molecule has 118 valence electrons. The predicted molar refractivity (Wildman–Crippen MR) is 86.9 cm³/mol. The average Bonchev–Trinajstić information content (AvgIpc) is 3.01. The van der Waals surface area contributed by atoms with Crippen molar-refractivity contribution >= 4 is 11.5 Å². The van der Waals surface area contributed by atoms with Crippen molar-refractivity contribution in [1.29, 1.82) is 0 Å². The molecular weight excluding hydrogens is 290 g/mol. The fourth-order valence-corrected chi connectivity index (χ4v) is 3.02. The molecule has 0 radical (unpaired) electrons. The van der Waals surface area contributed by atoms with Crippen molar-refractivity contribution in [3.63, 3.8) is 0 Å². The van der Waals surface area contributed by atoms with Crippen LogP contribution in [0.25, 0.3) is 5.65 Å². The monoisotopic (exact) mass is 309 g/mol. The molecular formula is C16H19N7. The van der Waals surface area contributed by atoms with Crippen LogP contribution in [0.4, 0.5) is 5.82 Å². The first-order chi connectivity index (χ1) is 11.4. The topological polar surface area (TPSA) is 71.2 Å². The molecule has 0 unspecified atom stereocenters. The van der Waals surface area contributed by atoms with Gasteiger partial charge in [0.25, 0.3) is 0 Å². The Balaban J connectivity index is 1.35. The average molecular weight is 309 g/mol. The fourth-order valence-electron chi connectivity index (χ4n) is 3.02. The van der Waals surface area contributed by atoms with E-state index in [0.29, 0.717) is 6.04 Å². The van der Waals surface area contributed by atoms with Gasteiger partial charge in [0, 0.05) is 31.5 Å². The maximum absolute atomic E-state index is 4.31. The van der Waals surface area contributed by atoms with E-state index in [0.717, 1.165) is 49.8 Å². The maximum atomic E-state index is 4.31. The molecule has 4 heterocycles. The summed E-state index contributed by atoms with van der Waals surface area (Å²) in [5.74, 6) is 1.91. The molecule has 23 heavy (non-hydrogen) atoms. The van der Waals surface area contributed by atoms with Gasteiger partial charge in [0.15, 0.2) is 11.5 Å². The van der Waals surface area contributed by atoms with E-state index < -0.39 is 0 Å². The van der Waals surface area contributed by atoms with Gasteiger partial charge in [-0.05, 0) is 31.0 Å². The Hall–Kier alpha value is -2.54. The number of fused-ring (bicyclic) bond motifs is 1. The number of piperidine rings is 1. The third-order valence-corrected chi connectivity index (χ3v) is 4.27. The van der Waals surface area contributed by atoms with E-state index in [1.807, 2.05) is 30.5 Å². The van der Waals surface area contributed by atoms with Gasteiger partial charge >= 0.3 is 0 Å². The minimum Gasteiger partial charge on any atom is -0.367 e. The Morgan fingerprint density at radius 2 is 2.04 bits per heavy atom. The summed E-state index contributed by atoms with van der Waals surface area (Å²) in [6.45, 7) is 2.93. The zero-order chi connectivity index (χ0) is 15.5. The second kappa shape index (κ2) is 6.29. The van der Waals surface area contributed by atoms with Gasteiger partial charge in [0.05, 0.1) is 6.54 Å². The van der Waals surface area contributed by atoms with Crippen LogP contribution in [0.2, 0.25) is 0 Å². The summed E-state index contributed by atoms with van der Waals surface area (Å²) in [6.07, 6.45) is 7.56. The zero-order valence-corrected chi connectivity index (χ0v) is 12.8. The lowest BCUT2D eigenvalue weighted by molar-refractivity contribution is 0.206. The van der Waals surface area contributed by atoms with Crippen LogP contribution in [0.3, 0.4) is 0 Å². The number of pyridine rings is 1. The van der Waals surface area contributed by atoms with E-state index in [-0.39, 0.29) is 0 Å². The quantitative estimate of drug-likeness (QED) is 0.789. The summed E-state index contributed by atoms with van der Waals surface area (Å²) in [5, 5.41) is 12.0. The van der Waals surface area contributed by atoms with Crippen LogP contribution in [0.15, 0.2) is 43.0 Å². The van der Waals surface area contributed by atoms with Crippen molar-refractivity contribution < 1.29 is 0 Å². The summed E-state index contributed by atoms with van der Waals surface area (Å²) < 4.78 is 2.06. The molecule has 0 aliphatic carbocycles. The van der Waals surface area contributed by atoms with Crippen molar-refractivity contribution in [2.75, 3.05) is 18.4 Å². The lowest BCUT2D eigenvalue weighted by Crippen LogP contribution is -2.39. The van der Waals surface area contributed by atoms with E-state index in [1.54, 1.807) is 12.5 Å². The van der Waals surface area contributed by atoms with E-state index in [9.17, 15) is 0 Å². The fraction of sp³-hybridized carbons (Fsp3) is 0.375. The maximum Gasteiger partial charge on any atom is 0.160 e. The molecule has 7 nitrogen and oxygen atoms in total. The van der Waals surface area contributed by atoms with Gasteiger partial charge in [-0.25, -0.2) is 9.97 Å². The molecule has 7 heteroatoms. The SMILES string of the molecule is c1ccn2c(CN3CCC(Nc4ccncn4)CC3)nnc2c1. The molecule has 3 aromatic rings. The molecule has 1 aliphatic rings. The summed E-state index contributed by atoms with van der Waals surface area (Å²) >= 11 is 0. The van der Waals surface area contributed by atoms with Crippen LogP contribution in [-0.2, 0) is 6.54 Å². The van der Waals surface area contributed by atoms with Crippen molar-refractivity contribution in [2.45, 2.75) is 25.4 Å². The second-order valence-corrected chi connectivity index (χ2v) is 5.83. The van der Waals surface area contributed by atoms with Crippen LogP contribution < -0.4 is 5.32 Å². The van der Waals surface area contributed by atoms with Gasteiger partial charge in [-0.1, -0.05) is 6.07 Å². The summed E-state index contributed by atoms with van der Waals surface area (Å²) in [5.41, 5.74) is 0.905. The first-order valence-electron chi connectivity index (χ1n) is 7.92. The molecule has 0 saturated carbocycles. The molecule has 3 aromatic heterocycles. The smallest absolute Gasteiger partial charge is 0.160 e. The zero-order valence-electron chi connectivity index (χ0n) is 12.8. The Morgan fingerprint density at radius 3 is 2.87 bits per heavy atom. The highest BCUT2D eigenvalue weighted by Gasteiger charge is 2.20. The minimum absolute atomic E-state index is 0.469. The highest BCUT2D eigenvalue weighted by molar-refractivity contribution is 5.37. The normalized spacial score (nSPS) is 16.7. The lowest BCUT2D eigenvalue weighted by Gasteiger charge is -2.32. The molecule has 0 atom stereocenters. The Labute approximate surface area is 134 Å². The van der Waals surface area contributed by atoms with Crippen molar-refractivity contribution in [2.24, 2.45) is 0 Å². The first kappa shape index (κ1) is 14.1. The largest absolute Gasteiger partial charge is 0.367 e. The lowest BCUT2D eigenvalue weighted by atomic mass is 10.1. The molecule has 4 rings (SSSR count). The number of hydrogen-bond acceptors (Lipinski definition) is 6. The van der Waals surface area contributed by atoms with Crippen LogP contribution in [-0.4, -0.2) is 48.6 Å². The van der Waals surface area contributed by atoms with Crippen LogP contribution >= 0.6 is 0 Å². The van der Waals surface area contributed by atoms with Crippen LogP contribution in [0.1, 0.15) is 18.7 Å². The summed E-state index contributed by atoms with van der Waals surface area (Å²) in [6, 6.07) is 8.36. The van der Waals surface area contributed by atoms with Crippen molar-refractivity contribution in [1.82, 2.24) is 29.5 Å². The molecule has 0 spiro atoms. The van der Waals surface area contributed by atoms with Crippen molar-refractivity contribution in [3.8, 4) is 0 Å². The third kappa shape index (κ3) is 3.14. The van der Waals surface area contributed by atoms with Gasteiger partial charge < -0.3 is 5.32 Å². The number of nitrogens with one attached hydrogen (secondary N) is 1. The second-order valence-electron chi connectivity index (χ2n) is 5.83. The predicted octanol–water partition coefficient (Wildman–Crippen LogP) is 1.60. The molecule has 0 amide bonds. The van der Waals surface area contributed by atoms with Gasteiger partial charge in [-0.15, -0.1) is 10.2 Å². The van der Waals surface area contributed by atoms with E-state index in [4.69, 9.17) is 0 Å². The number of hydrogen-bond donors (Lipinski definition) is 1. The molecule has 1 saturated heterocycles. The van der Waals surface area contributed by atoms with Crippen LogP contribution in [0.5, 0.6) is 0 Å². The Bertz CT molecular complexity index is 762. The number of likely N-dealkylation sites (tertiary alicyclic amines) is 1. The highest BCUT2D eigenvalue weighted by atomic mass is 15.3. The summed E-state index contributed by atoms with van der Waals surface area (Å²) in [7, 11) is 0. The number of rotatable bonds is 4. The van der Waals surface area contributed by atoms with Crippen LogP contribution in [0, 0.1) is 0 Å². The summed E-state index contributed by atoms with van der Waals surface area (Å²) in [4.78, 5) is 10.6. The Kier molecular flexibility index (Phi) is 3.85. The number of anilines is 1. The number of nitrogens with zero attached hydrogens (tertiary/aromatic N) is 6. The van der Waals surface area contributed by atoms with Gasteiger partial charge in [-0.2, -0.15) is 0 Å². The molecule has 1 fully saturated rings. The first-order valence-corrected chi connectivity index (χ1v) is 7.92. The van der Waals surface area contributed by atoms with Crippen molar-refractivity contribution in [3.05, 3.63) is 48.8 Å². The highest BCUT2D eigenvalue weighted by Crippen LogP contribution is 2.16. The van der Waals surface area contributed by atoms with Gasteiger partial charge in [0.2, 0.25) is 0 Å². The standard InChI is InChI=1S/C16H19N7/c1-2-8-23-15(3-1)20-21-16(23)11-22-9-5-13(6-10-22)19-14-4-7-17-12-18-14/h1-4,7-8,12-13H,5-6,9-11H2,(H,17,18,19). The number of aromatic nitrogens is 5. The molecule has 1 N–H and O–H groups in total. The van der Waals surface area contributed by atoms with E-state index >= 15 is 0 Å². The Morgan fingerprint density at radius 1 is 1.13 bits per heavy atom. The third-order valence-electron chi connectivity index (χ3n) is 4.27. The minimum atomic E-state index is 0.469. The van der Waals surface area contributed by atoms with E-state index in [2.05, 4.69) is 34.8 Å². The van der Waals surface area contributed by atoms with Gasteiger partial charge in [-0.3, -0.25) is 9.30 Å². The molecule has 0 aromatic carbocycles. The van der Waals surface area contributed by atoms with Gasteiger partial charge in [0.1, 0.15) is 12.1 Å². The molecule has 1 aliphatic heterocycles. The molecule has 0 bridgehead atoms. The van der Waals surface area contributed by atoms with E-state index in [1.165, 1.54) is 0 Å².